The number of nitrogens with one attached hydrogen (secondary N) is 2. The van der Waals surface area contributed by atoms with Crippen molar-refractivity contribution in [2.75, 3.05) is 22.2 Å². The van der Waals surface area contributed by atoms with Gasteiger partial charge in [0, 0.05) is 17.2 Å². The van der Waals surface area contributed by atoms with Gasteiger partial charge in [-0.05, 0) is 31.2 Å². The summed E-state index contributed by atoms with van der Waals surface area (Å²) in [6, 6.07) is 6.08. The normalized spacial score (nSPS) is 19.0. The molecule has 9 nitrogen and oxygen atoms in total. The van der Waals surface area contributed by atoms with Crippen LogP contribution in [0.4, 0.5) is 20.6 Å². The van der Waals surface area contributed by atoms with Crippen LogP contribution < -0.4 is 15.5 Å². The average molecular weight is 467 g/mol. The molecule has 1 aliphatic rings. The highest BCUT2D eigenvalue weighted by Crippen LogP contribution is 2.28. The fourth-order valence-corrected chi connectivity index (χ4v) is 3.47. The number of aromatic nitrogens is 1. The Bertz CT molecular complexity index is 1010. The number of halogens is 1. The third kappa shape index (κ3) is 5.09. The molecule has 1 aromatic heterocycles. The lowest BCUT2D eigenvalue weighted by atomic mass is 10.1. The summed E-state index contributed by atoms with van der Waals surface area (Å²) >= 11 is 2.60. The molecule has 1 aliphatic heterocycles. The van der Waals surface area contributed by atoms with Crippen LogP contribution in [0.2, 0.25) is 0 Å². The largest absolute Gasteiger partial charge is 0.610 e. The fourth-order valence-electron chi connectivity index (χ4n) is 2.92. The molecule has 1 aromatic carbocycles. The number of rotatable bonds is 6. The highest BCUT2D eigenvalue weighted by Gasteiger charge is 2.40. The Kier molecular flexibility index (Phi) is 7.03. The molecule has 2 aromatic rings. The van der Waals surface area contributed by atoms with Gasteiger partial charge in [-0.25, -0.2) is 14.2 Å². The third-order valence-corrected chi connectivity index (χ3v) is 5.60. The number of cyclic esters (lactones) is 1. The van der Waals surface area contributed by atoms with Gasteiger partial charge in [-0.15, -0.1) is 0 Å². The van der Waals surface area contributed by atoms with Crippen molar-refractivity contribution in [3.05, 3.63) is 47.9 Å². The summed E-state index contributed by atoms with van der Waals surface area (Å²) < 4.78 is 31.2. The van der Waals surface area contributed by atoms with Crippen LogP contribution in [0.25, 0.3) is 0 Å². The third-order valence-electron chi connectivity index (χ3n) is 4.48. The van der Waals surface area contributed by atoms with Crippen molar-refractivity contribution in [2.45, 2.75) is 24.2 Å². The number of nitrogens with zero attached hydrogens (tertiary/aromatic N) is 2. The van der Waals surface area contributed by atoms with E-state index < -0.39 is 47.2 Å². The van der Waals surface area contributed by atoms with Gasteiger partial charge in [-0.1, -0.05) is 0 Å². The SMILES string of the molecule is CC1[C@@H](NC(=O)CS)OC(=O)N1c1ccc(C(=O)Nc2ccc([S+](C)[O-])nc2)c(F)c1. The molecule has 0 aliphatic carbocycles. The van der Waals surface area contributed by atoms with Crippen molar-refractivity contribution < 1.29 is 28.1 Å². The Labute approximate surface area is 185 Å². The second kappa shape index (κ2) is 9.54. The Morgan fingerprint density at radius 3 is 2.68 bits per heavy atom. The van der Waals surface area contributed by atoms with Gasteiger partial charge in [0.05, 0.1) is 34.9 Å². The van der Waals surface area contributed by atoms with E-state index in [4.69, 9.17) is 4.74 Å². The number of anilines is 2. The van der Waals surface area contributed by atoms with Crippen LogP contribution in [0.3, 0.4) is 0 Å². The second-order valence-corrected chi connectivity index (χ2v) is 8.24. The average Bonchev–Trinajstić information content (AvgIpc) is 3.00. The van der Waals surface area contributed by atoms with E-state index in [2.05, 4.69) is 28.2 Å². The molecule has 1 fully saturated rings. The zero-order valence-corrected chi connectivity index (χ0v) is 18.2. The predicted molar refractivity (Wildman–Crippen MR) is 115 cm³/mol. The van der Waals surface area contributed by atoms with E-state index in [1.54, 1.807) is 6.92 Å². The van der Waals surface area contributed by atoms with E-state index in [-0.39, 0.29) is 17.0 Å². The van der Waals surface area contributed by atoms with E-state index in [1.807, 2.05) is 0 Å². The molecule has 1 saturated heterocycles. The highest BCUT2D eigenvalue weighted by atomic mass is 32.2. The maximum atomic E-state index is 14.7. The molecule has 2 unspecified atom stereocenters. The molecule has 3 atom stereocenters. The van der Waals surface area contributed by atoms with Crippen LogP contribution in [0.1, 0.15) is 17.3 Å². The fraction of sp³-hybridized carbons (Fsp3) is 0.263. The molecule has 0 saturated carbocycles. The minimum atomic E-state index is -1.26. The Balaban J connectivity index is 1.74. The number of hydrogen-bond donors (Lipinski definition) is 3. The van der Waals surface area contributed by atoms with E-state index >= 15 is 0 Å². The van der Waals surface area contributed by atoms with Gasteiger partial charge in [0.15, 0.2) is 6.23 Å². The number of thiol groups is 1. The predicted octanol–water partition coefficient (Wildman–Crippen LogP) is 1.93. The zero-order valence-electron chi connectivity index (χ0n) is 16.5. The van der Waals surface area contributed by atoms with Gasteiger partial charge >= 0.3 is 6.09 Å². The topological polar surface area (TPSA) is 124 Å². The van der Waals surface area contributed by atoms with Crippen molar-refractivity contribution in [1.82, 2.24) is 10.3 Å². The van der Waals surface area contributed by atoms with Gasteiger partial charge in [-0.3, -0.25) is 14.5 Å². The Hall–Kier alpha value is -2.83. The number of hydrogen-bond acceptors (Lipinski definition) is 7. The van der Waals surface area contributed by atoms with Crippen molar-refractivity contribution in [3.8, 4) is 0 Å². The molecule has 164 valence electrons. The van der Waals surface area contributed by atoms with Crippen molar-refractivity contribution in [2.24, 2.45) is 0 Å². The molecule has 0 bridgehead atoms. The summed E-state index contributed by atoms with van der Waals surface area (Å²) in [5, 5.41) is 5.37. The monoisotopic (exact) mass is 466 g/mol. The molecule has 0 radical (unpaired) electrons. The zero-order chi connectivity index (χ0) is 22.7. The molecule has 2 heterocycles. The Morgan fingerprint density at radius 2 is 2.10 bits per heavy atom. The van der Waals surface area contributed by atoms with E-state index in [0.717, 1.165) is 6.07 Å². The van der Waals surface area contributed by atoms with Crippen LogP contribution in [0, 0.1) is 5.82 Å². The van der Waals surface area contributed by atoms with Crippen molar-refractivity contribution in [3.63, 3.8) is 0 Å². The summed E-state index contributed by atoms with van der Waals surface area (Å²) in [7, 11) is 0. The van der Waals surface area contributed by atoms with E-state index in [1.165, 1.54) is 41.6 Å². The highest BCUT2D eigenvalue weighted by molar-refractivity contribution is 7.90. The van der Waals surface area contributed by atoms with Gasteiger partial charge in [0.25, 0.3) is 5.91 Å². The summed E-state index contributed by atoms with van der Waals surface area (Å²) in [5.74, 6) is -2.06. The molecular formula is C19H19FN4O5S2. The van der Waals surface area contributed by atoms with Crippen molar-refractivity contribution in [1.29, 1.82) is 0 Å². The van der Waals surface area contributed by atoms with Crippen LogP contribution in [-0.2, 0) is 20.7 Å². The number of carbonyl (C=O) groups is 3. The van der Waals surface area contributed by atoms with Gasteiger partial charge in [-0.2, -0.15) is 12.6 Å². The molecule has 3 amide bonds. The van der Waals surface area contributed by atoms with Gasteiger partial charge < -0.3 is 19.9 Å². The molecular weight excluding hydrogens is 447 g/mol. The second-order valence-electron chi connectivity index (χ2n) is 6.60. The maximum absolute atomic E-state index is 14.7. The number of benzene rings is 1. The minimum Gasteiger partial charge on any atom is -0.610 e. The molecule has 0 spiro atoms. The first-order valence-corrected chi connectivity index (χ1v) is 11.2. The van der Waals surface area contributed by atoms with E-state index in [0.29, 0.717) is 10.7 Å². The van der Waals surface area contributed by atoms with Crippen LogP contribution in [0.15, 0.2) is 41.6 Å². The lowest BCUT2D eigenvalue weighted by molar-refractivity contribution is -0.121. The number of carbonyl (C=O) groups excluding carboxylic acids is 3. The molecule has 2 N–H and O–H groups in total. The first-order valence-electron chi connectivity index (χ1n) is 9.01. The molecule has 3 rings (SSSR count). The van der Waals surface area contributed by atoms with Crippen LogP contribution >= 0.6 is 12.6 Å². The number of ether oxygens (including phenoxy) is 1. The quantitative estimate of drug-likeness (QED) is 0.442. The van der Waals surface area contributed by atoms with Gasteiger partial charge in [0.1, 0.15) is 12.1 Å². The first-order chi connectivity index (χ1) is 14.7. The molecule has 31 heavy (non-hydrogen) atoms. The van der Waals surface area contributed by atoms with Crippen molar-refractivity contribution >= 4 is 53.1 Å². The summed E-state index contributed by atoms with van der Waals surface area (Å²) in [5.41, 5.74) is 0.236. The molecule has 12 heteroatoms. The lowest BCUT2D eigenvalue weighted by Crippen LogP contribution is -2.44. The van der Waals surface area contributed by atoms with Crippen LogP contribution in [0.5, 0.6) is 0 Å². The lowest BCUT2D eigenvalue weighted by Gasteiger charge is -2.21. The van der Waals surface area contributed by atoms with Crippen LogP contribution in [-0.4, -0.2) is 51.7 Å². The minimum absolute atomic E-state index is 0.0756. The number of amides is 3. The Morgan fingerprint density at radius 1 is 1.35 bits per heavy atom. The standard InChI is InChI=1S/C19H19FN4O5S2/c1-10-18(23-15(25)9-30)29-19(27)24(10)12-4-5-13(14(20)7-12)17(26)22-11-3-6-16(21-8-11)31(2)28/h3-8,10,18,30H,9H2,1-2H3,(H,22,26)(H,23,25)/t10?,18-,31?/m0/s1. The summed E-state index contributed by atoms with van der Waals surface area (Å²) in [4.78, 5) is 41.3. The summed E-state index contributed by atoms with van der Waals surface area (Å²) in [6.45, 7) is 1.63. The first kappa shape index (κ1) is 22.8. The maximum Gasteiger partial charge on any atom is 0.416 e. The smallest absolute Gasteiger partial charge is 0.416 e. The van der Waals surface area contributed by atoms with E-state index in [9.17, 15) is 23.3 Å². The number of pyridine rings is 1. The van der Waals surface area contributed by atoms with Gasteiger partial charge in [0.2, 0.25) is 10.9 Å². The summed E-state index contributed by atoms with van der Waals surface area (Å²) in [6.07, 6.45) is 1.13.